The molecular formula is C32H32N4O3. The Labute approximate surface area is 227 Å². The van der Waals surface area contributed by atoms with Crippen LogP contribution in [0.3, 0.4) is 0 Å². The molecule has 4 aliphatic carbocycles. The van der Waals surface area contributed by atoms with Crippen LogP contribution >= 0.6 is 0 Å². The molecule has 0 radical (unpaired) electrons. The van der Waals surface area contributed by atoms with Gasteiger partial charge >= 0.3 is 0 Å². The summed E-state index contributed by atoms with van der Waals surface area (Å²) in [5.74, 6) is 3.62. The van der Waals surface area contributed by atoms with E-state index in [0.717, 1.165) is 59.4 Å². The summed E-state index contributed by atoms with van der Waals surface area (Å²) >= 11 is 0. The van der Waals surface area contributed by atoms with Crippen molar-refractivity contribution in [2.45, 2.75) is 44.1 Å². The van der Waals surface area contributed by atoms with E-state index in [9.17, 15) is 9.59 Å². The predicted molar refractivity (Wildman–Crippen MR) is 151 cm³/mol. The van der Waals surface area contributed by atoms with Crippen molar-refractivity contribution in [3.05, 3.63) is 77.9 Å². The Bertz CT molecular complexity index is 1520. The molecule has 0 atom stereocenters. The van der Waals surface area contributed by atoms with E-state index in [4.69, 9.17) is 9.72 Å². The van der Waals surface area contributed by atoms with Crippen LogP contribution in [-0.4, -0.2) is 34.4 Å². The summed E-state index contributed by atoms with van der Waals surface area (Å²) in [7, 11) is 1.60. The number of amides is 2. The molecule has 0 aliphatic heterocycles. The monoisotopic (exact) mass is 520 g/mol. The summed E-state index contributed by atoms with van der Waals surface area (Å²) in [4.78, 5) is 34.0. The van der Waals surface area contributed by atoms with Crippen LogP contribution in [0.15, 0.2) is 66.7 Å². The van der Waals surface area contributed by atoms with Gasteiger partial charge in [0, 0.05) is 27.9 Å². The molecule has 4 saturated carbocycles. The summed E-state index contributed by atoms with van der Waals surface area (Å²) in [5.41, 5.74) is 4.45. The fourth-order valence-electron chi connectivity index (χ4n) is 7.52. The van der Waals surface area contributed by atoms with Gasteiger partial charge < -0.3 is 20.4 Å². The van der Waals surface area contributed by atoms with Gasteiger partial charge in [-0.2, -0.15) is 0 Å². The number of benzene rings is 3. The molecule has 8 rings (SSSR count). The van der Waals surface area contributed by atoms with E-state index in [1.165, 1.54) is 19.3 Å². The number of carbonyl (C=O) groups excluding carboxylic acids is 2. The lowest BCUT2D eigenvalue weighted by molar-refractivity contribution is -0.0167. The van der Waals surface area contributed by atoms with Crippen LogP contribution in [0, 0.1) is 17.8 Å². The maximum Gasteiger partial charge on any atom is 0.255 e. The molecule has 4 fully saturated rings. The highest BCUT2D eigenvalue weighted by Gasteiger charge is 2.51. The first-order valence-corrected chi connectivity index (χ1v) is 13.8. The van der Waals surface area contributed by atoms with Crippen molar-refractivity contribution in [3.8, 4) is 17.1 Å². The SMILES string of the molecule is COc1ccc(C(=O)Nc2ccc(-c3nc4ccc(C(=O)NC56CC7CC(CC(C7)C5)C6)cc4[nH]3)cc2)cc1. The highest BCUT2D eigenvalue weighted by molar-refractivity contribution is 6.04. The Morgan fingerprint density at radius 1 is 0.846 bits per heavy atom. The van der Waals surface area contributed by atoms with Crippen molar-refractivity contribution in [1.82, 2.24) is 15.3 Å². The van der Waals surface area contributed by atoms with Crippen LogP contribution in [0.4, 0.5) is 5.69 Å². The molecule has 4 aromatic rings. The molecule has 1 heterocycles. The average molecular weight is 521 g/mol. The lowest BCUT2D eigenvalue weighted by atomic mass is 9.53. The highest BCUT2D eigenvalue weighted by atomic mass is 16.5. The molecule has 0 spiro atoms. The number of nitrogens with one attached hydrogen (secondary N) is 3. The largest absolute Gasteiger partial charge is 0.497 e. The van der Waals surface area contributed by atoms with Crippen molar-refractivity contribution in [1.29, 1.82) is 0 Å². The molecule has 7 heteroatoms. The van der Waals surface area contributed by atoms with Gasteiger partial charge in [-0.15, -0.1) is 0 Å². The van der Waals surface area contributed by atoms with Gasteiger partial charge in [0.05, 0.1) is 18.1 Å². The molecule has 0 unspecified atom stereocenters. The van der Waals surface area contributed by atoms with Crippen LogP contribution in [0.2, 0.25) is 0 Å². The fraction of sp³-hybridized carbons (Fsp3) is 0.344. The molecule has 2 amide bonds. The van der Waals surface area contributed by atoms with E-state index < -0.39 is 0 Å². The van der Waals surface area contributed by atoms with Crippen LogP contribution in [0.25, 0.3) is 22.4 Å². The molecule has 198 valence electrons. The minimum atomic E-state index is -0.187. The number of imidazole rings is 1. The lowest BCUT2D eigenvalue weighted by Crippen LogP contribution is -2.59. The second-order valence-corrected chi connectivity index (χ2v) is 11.7. The molecule has 4 bridgehead atoms. The van der Waals surface area contributed by atoms with Gasteiger partial charge in [-0.3, -0.25) is 9.59 Å². The number of H-pyrrole nitrogens is 1. The van der Waals surface area contributed by atoms with Crippen molar-refractivity contribution in [2.75, 3.05) is 12.4 Å². The maximum atomic E-state index is 13.3. The lowest BCUT2D eigenvalue weighted by Gasteiger charge is -2.56. The quantitative estimate of drug-likeness (QED) is 0.282. The number of nitrogens with zero attached hydrogens (tertiary/aromatic N) is 1. The second-order valence-electron chi connectivity index (χ2n) is 11.7. The molecule has 3 aromatic carbocycles. The smallest absolute Gasteiger partial charge is 0.255 e. The third kappa shape index (κ3) is 4.56. The van der Waals surface area contributed by atoms with E-state index in [1.54, 1.807) is 31.4 Å². The van der Waals surface area contributed by atoms with Crippen molar-refractivity contribution < 1.29 is 14.3 Å². The number of methoxy groups -OCH3 is 1. The van der Waals surface area contributed by atoms with E-state index in [-0.39, 0.29) is 17.4 Å². The molecule has 4 aliphatic rings. The third-order valence-electron chi connectivity index (χ3n) is 8.93. The van der Waals surface area contributed by atoms with Crippen LogP contribution in [0.5, 0.6) is 5.75 Å². The number of anilines is 1. The van der Waals surface area contributed by atoms with E-state index >= 15 is 0 Å². The number of ether oxygens (including phenoxy) is 1. The average Bonchev–Trinajstić information content (AvgIpc) is 3.36. The standard InChI is InChI=1S/C32H32N4O3/c1-39-26-9-4-23(5-10-26)30(37)33-25-7-2-22(3-8-25)29-34-27-11-6-24(15-28(27)35-29)31(38)36-32-16-19-12-20(17-32)14-21(13-19)18-32/h2-11,15,19-21H,12-14,16-18H2,1H3,(H,33,37)(H,34,35)(H,36,38). The number of hydrogen-bond acceptors (Lipinski definition) is 4. The Morgan fingerprint density at radius 2 is 1.49 bits per heavy atom. The Balaban J connectivity index is 1.05. The zero-order valence-corrected chi connectivity index (χ0v) is 22.0. The Kier molecular flexibility index (Phi) is 5.69. The van der Waals surface area contributed by atoms with Gasteiger partial charge in [0.1, 0.15) is 11.6 Å². The van der Waals surface area contributed by atoms with Gasteiger partial charge in [0.15, 0.2) is 0 Å². The van der Waals surface area contributed by atoms with Crippen molar-refractivity contribution in [2.24, 2.45) is 17.8 Å². The Hall–Kier alpha value is -4.13. The summed E-state index contributed by atoms with van der Waals surface area (Å²) in [6.07, 6.45) is 7.48. The van der Waals surface area contributed by atoms with Crippen molar-refractivity contribution >= 4 is 28.5 Å². The Morgan fingerprint density at radius 3 is 2.13 bits per heavy atom. The number of aromatic nitrogens is 2. The second kappa shape index (κ2) is 9.26. The summed E-state index contributed by atoms with van der Waals surface area (Å²) in [6, 6.07) is 20.2. The van der Waals surface area contributed by atoms with Crippen LogP contribution in [0.1, 0.15) is 59.2 Å². The number of carbonyl (C=O) groups is 2. The fourth-order valence-corrected chi connectivity index (χ4v) is 7.52. The highest BCUT2D eigenvalue weighted by Crippen LogP contribution is 2.55. The number of aromatic amines is 1. The molecule has 0 saturated heterocycles. The van der Waals surface area contributed by atoms with Crippen LogP contribution < -0.4 is 15.4 Å². The van der Waals surface area contributed by atoms with E-state index in [0.29, 0.717) is 22.6 Å². The van der Waals surface area contributed by atoms with E-state index in [2.05, 4.69) is 15.6 Å². The van der Waals surface area contributed by atoms with Gasteiger partial charge in [-0.05, 0) is 123 Å². The van der Waals surface area contributed by atoms with Gasteiger partial charge in [-0.25, -0.2) is 4.98 Å². The predicted octanol–water partition coefficient (Wildman–Crippen LogP) is 6.19. The molecule has 7 nitrogen and oxygen atoms in total. The van der Waals surface area contributed by atoms with Gasteiger partial charge in [0.2, 0.25) is 0 Å². The zero-order chi connectivity index (χ0) is 26.6. The third-order valence-corrected chi connectivity index (χ3v) is 8.93. The summed E-state index contributed by atoms with van der Waals surface area (Å²) in [5, 5.41) is 6.39. The molecular weight excluding hydrogens is 488 g/mol. The number of hydrogen-bond donors (Lipinski definition) is 3. The summed E-state index contributed by atoms with van der Waals surface area (Å²) < 4.78 is 5.15. The minimum absolute atomic E-state index is 0.00945. The number of rotatable bonds is 6. The zero-order valence-electron chi connectivity index (χ0n) is 22.0. The van der Waals surface area contributed by atoms with Crippen molar-refractivity contribution in [3.63, 3.8) is 0 Å². The number of fused-ring (bicyclic) bond motifs is 1. The van der Waals surface area contributed by atoms with E-state index in [1.807, 2.05) is 42.5 Å². The minimum Gasteiger partial charge on any atom is -0.497 e. The first kappa shape index (κ1) is 23.9. The maximum absolute atomic E-state index is 13.3. The van der Waals surface area contributed by atoms with Gasteiger partial charge in [-0.1, -0.05) is 0 Å². The first-order chi connectivity index (χ1) is 18.9. The molecule has 3 N–H and O–H groups in total. The molecule has 39 heavy (non-hydrogen) atoms. The first-order valence-electron chi connectivity index (χ1n) is 13.8. The topological polar surface area (TPSA) is 96.1 Å². The summed E-state index contributed by atoms with van der Waals surface area (Å²) in [6.45, 7) is 0. The van der Waals surface area contributed by atoms with Gasteiger partial charge in [0.25, 0.3) is 11.8 Å². The molecule has 1 aromatic heterocycles. The normalized spacial score (nSPS) is 25.0. The van der Waals surface area contributed by atoms with Crippen LogP contribution in [-0.2, 0) is 0 Å².